The molecule has 2 N–H and O–H groups in total. The third-order valence-electron chi connectivity index (χ3n) is 5.23. The van der Waals surface area contributed by atoms with E-state index in [4.69, 9.17) is 4.74 Å². The first-order valence-corrected chi connectivity index (χ1v) is 9.34. The molecule has 3 rings (SSSR count). The van der Waals surface area contributed by atoms with Crippen molar-refractivity contribution >= 4 is 6.09 Å². The minimum Gasteiger partial charge on any atom is -0.491 e. The first kappa shape index (κ1) is 19.2. The molecule has 1 unspecified atom stereocenters. The van der Waals surface area contributed by atoms with Crippen LogP contribution in [0.3, 0.4) is 0 Å². The molecule has 0 radical (unpaired) electrons. The highest BCUT2D eigenvalue weighted by Gasteiger charge is 2.54. The maximum atomic E-state index is 11.3. The van der Waals surface area contributed by atoms with Crippen molar-refractivity contribution in [2.24, 2.45) is 10.8 Å². The second-order valence-corrected chi connectivity index (χ2v) is 8.68. The third-order valence-corrected chi connectivity index (χ3v) is 5.23. The molecule has 5 heteroatoms. The van der Waals surface area contributed by atoms with Crippen LogP contribution in [-0.2, 0) is 0 Å². The number of nitrogens with one attached hydrogen (secondary N) is 1. The number of benzene rings is 1. The van der Waals surface area contributed by atoms with Crippen LogP contribution in [0.2, 0.25) is 0 Å². The standard InChI is InChI=1S/C22H28N2O3/c1-15-6-5-7-16(10-15)17-11-18(13-23-12-17)27-14-22(8-9-22)19(21(2,3)4)24-20(25)26/h5-7,10-13,19,24H,8-9,14H2,1-4H3,(H,25,26). The highest BCUT2D eigenvalue weighted by molar-refractivity contribution is 5.65. The van der Waals surface area contributed by atoms with E-state index < -0.39 is 6.09 Å². The van der Waals surface area contributed by atoms with Crippen molar-refractivity contribution in [3.8, 4) is 16.9 Å². The molecule has 1 amide bonds. The minimum absolute atomic E-state index is 0.157. The quantitative estimate of drug-likeness (QED) is 0.761. The fraction of sp³-hybridized carbons (Fsp3) is 0.455. The number of pyridine rings is 1. The molecule has 0 bridgehead atoms. The Balaban J connectivity index is 1.74. The van der Waals surface area contributed by atoms with Crippen LogP contribution >= 0.6 is 0 Å². The Labute approximate surface area is 160 Å². The molecular formula is C22H28N2O3. The number of hydrogen-bond acceptors (Lipinski definition) is 3. The van der Waals surface area contributed by atoms with Gasteiger partial charge in [-0.05, 0) is 36.8 Å². The number of nitrogens with zero attached hydrogens (tertiary/aromatic N) is 1. The van der Waals surface area contributed by atoms with E-state index in [9.17, 15) is 9.90 Å². The zero-order valence-electron chi connectivity index (χ0n) is 16.5. The molecule has 0 aliphatic heterocycles. The summed E-state index contributed by atoms with van der Waals surface area (Å²) in [5, 5.41) is 12.0. The predicted molar refractivity (Wildman–Crippen MR) is 106 cm³/mol. The zero-order chi connectivity index (χ0) is 19.7. The summed E-state index contributed by atoms with van der Waals surface area (Å²) < 4.78 is 6.09. The van der Waals surface area contributed by atoms with Crippen LogP contribution in [0, 0.1) is 17.8 Å². The van der Waals surface area contributed by atoms with Crippen LogP contribution in [0.4, 0.5) is 4.79 Å². The molecule has 1 aliphatic carbocycles. The smallest absolute Gasteiger partial charge is 0.404 e. The third kappa shape index (κ3) is 4.59. The highest BCUT2D eigenvalue weighted by atomic mass is 16.5. The molecule has 1 aliphatic rings. The van der Waals surface area contributed by atoms with E-state index in [0.717, 1.165) is 24.0 Å². The monoisotopic (exact) mass is 368 g/mol. The Morgan fingerprint density at radius 1 is 1.26 bits per heavy atom. The minimum atomic E-state index is -0.982. The Bertz CT molecular complexity index is 822. The van der Waals surface area contributed by atoms with Crippen molar-refractivity contribution in [2.75, 3.05) is 6.61 Å². The summed E-state index contributed by atoms with van der Waals surface area (Å²) in [5.41, 5.74) is 2.98. The van der Waals surface area contributed by atoms with Crippen LogP contribution < -0.4 is 10.1 Å². The lowest BCUT2D eigenvalue weighted by molar-refractivity contribution is 0.111. The average Bonchev–Trinajstić information content (AvgIpc) is 3.38. The van der Waals surface area contributed by atoms with Crippen molar-refractivity contribution in [3.63, 3.8) is 0 Å². The number of aryl methyl sites for hydroxylation is 1. The molecule has 1 aromatic heterocycles. The molecule has 1 saturated carbocycles. The number of carboxylic acid groups (broad SMARTS) is 1. The SMILES string of the molecule is Cc1cccc(-c2cncc(OCC3(C(NC(=O)O)C(C)(C)C)CC3)c2)c1. The molecule has 1 fully saturated rings. The van der Waals surface area contributed by atoms with Crippen LogP contribution in [0.1, 0.15) is 39.2 Å². The molecule has 144 valence electrons. The summed E-state index contributed by atoms with van der Waals surface area (Å²) in [4.78, 5) is 15.6. The van der Waals surface area contributed by atoms with Crippen molar-refractivity contribution < 1.29 is 14.6 Å². The molecule has 2 aromatic rings. The van der Waals surface area contributed by atoms with Crippen molar-refractivity contribution in [1.29, 1.82) is 0 Å². The second-order valence-electron chi connectivity index (χ2n) is 8.68. The highest BCUT2D eigenvalue weighted by Crippen LogP contribution is 2.53. The van der Waals surface area contributed by atoms with Crippen molar-refractivity contribution in [2.45, 2.75) is 46.6 Å². The number of hydrogen-bond donors (Lipinski definition) is 2. The largest absolute Gasteiger partial charge is 0.491 e. The Hall–Kier alpha value is -2.56. The van der Waals surface area contributed by atoms with Crippen LogP contribution in [0.25, 0.3) is 11.1 Å². The van der Waals surface area contributed by atoms with Gasteiger partial charge in [0.05, 0.1) is 12.8 Å². The van der Waals surface area contributed by atoms with E-state index in [2.05, 4.69) is 56.2 Å². The summed E-state index contributed by atoms with van der Waals surface area (Å²) in [5.74, 6) is 0.711. The first-order valence-electron chi connectivity index (χ1n) is 9.34. The van der Waals surface area contributed by atoms with Crippen molar-refractivity contribution in [1.82, 2.24) is 10.3 Å². The van der Waals surface area contributed by atoms with E-state index in [0.29, 0.717) is 12.4 Å². The van der Waals surface area contributed by atoms with Crippen LogP contribution in [0.5, 0.6) is 5.75 Å². The van der Waals surface area contributed by atoms with E-state index in [1.807, 2.05) is 18.3 Å². The number of ether oxygens (including phenoxy) is 1. The summed E-state index contributed by atoms with van der Waals surface area (Å²) >= 11 is 0. The predicted octanol–water partition coefficient (Wildman–Crippen LogP) is 4.90. The molecular weight excluding hydrogens is 340 g/mol. The van der Waals surface area contributed by atoms with Gasteiger partial charge >= 0.3 is 6.09 Å². The molecule has 27 heavy (non-hydrogen) atoms. The summed E-state index contributed by atoms with van der Waals surface area (Å²) in [6.45, 7) is 8.74. The lowest BCUT2D eigenvalue weighted by Crippen LogP contribution is -2.51. The Morgan fingerprint density at radius 2 is 2.00 bits per heavy atom. The van der Waals surface area contributed by atoms with E-state index >= 15 is 0 Å². The fourth-order valence-corrected chi connectivity index (χ4v) is 3.80. The van der Waals surface area contributed by atoms with Gasteiger partial charge in [-0.25, -0.2) is 4.79 Å². The molecule has 5 nitrogen and oxygen atoms in total. The van der Waals surface area contributed by atoms with Crippen molar-refractivity contribution in [3.05, 3.63) is 48.3 Å². The van der Waals surface area contributed by atoms with Gasteiger partial charge in [-0.1, -0.05) is 50.6 Å². The number of rotatable bonds is 6. The Morgan fingerprint density at radius 3 is 2.59 bits per heavy atom. The average molecular weight is 368 g/mol. The van der Waals surface area contributed by atoms with Gasteiger partial charge in [0.25, 0.3) is 0 Å². The van der Waals surface area contributed by atoms with Crippen LogP contribution in [-0.4, -0.2) is 28.8 Å². The first-order chi connectivity index (χ1) is 12.7. The van der Waals surface area contributed by atoms with Gasteiger partial charge in [-0.2, -0.15) is 0 Å². The lowest BCUT2D eigenvalue weighted by atomic mass is 9.77. The zero-order valence-corrected chi connectivity index (χ0v) is 16.5. The van der Waals surface area contributed by atoms with E-state index in [1.54, 1.807) is 6.20 Å². The maximum absolute atomic E-state index is 11.3. The second kappa shape index (κ2) is 7.22. The molecule has 1 heterocycles. The Kier molecular flexibility index (Phi) is 5.13. The number of carbonyl (C=O) groups is 1. The molecule has 1 atom stereocenters. The molecule has 0 saturated heterocycles. The van der Waals surface area contributed by atoms with E-state index in [-0.39, 0.29) is 16.9 Å². The van der Waals surface area contributed by atoms with E-state index in [1.165, 1.54) is 5.56 Å². The van der Waals surface area contributed by atoms with Gasteiger partial charge in [0.15, 0.2) is 0 Å². The lowest BCUT2D eigenvalue weighted by Gasteiger charge is -2.37. The summed E-state index contributed by atoms with van der Waals surface area (Å²) in [6.07, 6.45) is 4.48. The summed E-state index contributed by atoms with van der Waals surface area (Å²) in [6, 6.07) is 10.1. The van der Waals surface area contributed by atoms with Gasteiger partial charge in [-0.15, -0.1) is 0 Å². The number of aromatic nitrogens is 1. The molecule has 0 spiro atoms. The maximum Gasteiger partial charge on any atom is 0.404 e. The fourth-order valence-electron chi connectivity index (χ4n) is 3.80. The summed E-state index contributed by atoms with van der Waals surface area (Å²) in [7, 11) is 0. The van der Waals surface area contributed by atoms with Gasteiger partial charge < -0.3 is 15.2 Å². The van der Waals surface area contributed by atoms with Gasteiger partial charge in [-0.3, -0.25) is 4.98 Å². The van der Waals surface area contributed by atoms with Gasteiger partial charge in [0, 0.05) is 23.2 Å². The normalized spacial score (nSPS) is 16.4. The van der Waals surface area contributed by atoms with Crippen LogP contribution in [0.15, 0.2) is 42.7 Å². The number of amides is 1. The van der Waals surface area contributed by atoms with Gasteiger partial charge in [0.2, 0.25) is 0 Å². The van der Waals surface area contributed by atoms with Gasteiger partial charge in [0.1, 0.15) is 5.75 Å². The molecule has 1 aromatic carbocycles. The topological polar surface area (TPSA) is 71.5 Å².